The van der Waals surface area contributed by atoms with Crippen molar-refractivity contribution in [3.63, 3.8) is 0 Å². The lowest BCUT2D eigenvalue weighted by Gasteiger charge is -2.41. The fourth-order valence-corrected chi connectivity index (χ4v) is 8.21. The van der Waals surface area contributed by atoms with Crippen molar-refractivity contribution in [2.24, 2.45) is 0 Å². The van der Waals surface area contributed by atoms with Gasteiger partial charge in [0, 0.05) is 50.5 Å². The van der Waals surface area contributed by atoms with Gasteiger partial charge in [-0.3, -0.25) is 14.5 Å². The van der Waals surface area contributed by atoms with Gasteiger partial charge in [-0.25, -0.2) is 23.4 Å². The smallest absolute Gasteiger partial charge is 0.334 e. The van der Waals surface area contributed by atoms with Crippen molar-refractivity contribution in [1.82, 2.24) is 19.4 Å². The Kier molecular flexibility index (Phi) is 11.9. The van der Waals surface area contributed by atoms with Crippen molar-refractivity contribution >= 4 is 40.7 Å². The number of carbonyl (C=O) groups is 4. The van der Waals surface area contributed by atoms with Gasteiger partial charge in [-0.15, -0.1) is 0 Å². The van der Waals surface area contributed by atoms with Crippen LogP contribution >= 0.6 is 0 Å². The van der Waals surface area contributed by atoms with Gasteiger partial charge in [-0.2, -0.15) is 0 Å². The van der Waals surface area contributed by atoms with Crippen molar-refractivity contribution < 1.29 is 56.4 Å². The summed E-state index contributed by atoms with van der Waals surface area (Å²) in [6, 6.07) is 13.4. The minimum atomic E-state index is -2.51. The molecular weight excluding hydrogens is 772 g/mol. The van der Waals surface area contributed by atoms with E-state index in [1.54, 1.807) is 0 Å². The Morgan fingerprint density at radius 1 is 0.847 bits per heavy atom. The number of hydrogen-bond donors (Lipinski definition) is 0. The number of hydrogen-bond acceptors (Lipinski definition) is 13. The fourth-order valence-electron chi connectivity index (χ4n) is 8.21. The van der Waals surface area contributed by atoms with Gasteiger partial charge in [0.15, 0.2) is 28.5 Å². The normalized spacial score (nSPS) is 19.5. The number of rotatable bonds is 13. The van der Waals surface area contributed by atoms with E-state index < -0.39 is 53.1 Å². The molecule has 4 aromatic rings. The Labute approximate surface area is 338 Å². The van der Waals surface area contributed by atoms with Crippen LogP contribution in [-0.4, -0.2) is 123 Å². The van der Waals surface area contributed by atoms with Crippen LogP contribution in [0.3, 0.4) is 0 Å². The van der Waals surface area contributed by atoms with Crippen LogP contribution in [0, 0.1) is 11.6 Å². The third kappa shape index (κ3) is 7.55. The van der Waals surface area contributed by atoms with Gasteiger partial charge < -0.3 is 42.8 Å². The van der Waals surface area contributed by atoms with Crippen LogP contribution in [-0.2, 0) is 40.6 Å². The zero-order chi connectivity index (χ0) is 41.9. The molecule has 3 aliphatic heterocycles. The number of nitrogens with zero attached hydrogens (tertiary/aromatic N) is 5. The van der Waals surface area contributed by atoms with Gasteiger partial charge in [0.25, 0.3) is 11.7 Å². The lowest BCUT2D eigenvalue weighted by atomic mass is 9.71. The first kappa shape index (κ1) is 41.1. The largest absolute Gasteiger partial charge is 0.493 e. The number of amides is 2. The number of anilines is 1. The number of imide groups is 1. The molecule has 2 fully saturated rings. The van der Waals surface area contributed by atoms with Crippen molar-refractivity contribution in [3.05, 3.63) is 89.5 Å². The first-order chi connectivity index (χ1) is 28.5. The number of benzene rings is 3. The quantitative estimate of drug-likeness (QED) is 0.108. The molecule has 7 rings (SSSR count). The van der Waals surface area contributed by atoms with Gasteiger partial charge in [-0.1, -0.05) is 18.2 Å². The standard InChI is InChI=1S/C42H45F2N5O10/c1-5-57-22-21-48-32-10-7-6-9-31(32)45-40(48)47-17-8-16-46(19-20-47)18-15-41(28-11-12-29(43)30(44)25-28)39(53)49(26-42(41)58-35(50)13-14-36(51)59-42)38(52)27-23-33(54-2)37(56-4)34(24-27)55-3/h6-7,9-14,23-25H,5,8,15-22,26H2,1-4H3. The first-order valence-corrected chi connectivity index (χ1v) is 19.2. The SMILES string of the molecule is CCOCCn1c(N2CCCN(CCC3(c4ccc(F)c(F)c4)C(=O)N(C(=O)c4cc(OC)c(OC)c(OC)c4)CC34OC(=O)C=CC(=O)O4)CC2)nc2ccccc21. The van der Waals surface area contributed by atoms with E-state index in [2.05, 4.69) is 14.4 Å². The summed E-state index contributed by atoms with van der Waals surface area (Å²) in [6.07, 6.45) is 2.12. The zero-order valence-electron chi connectivity index (χ0n) is 33.2. The van der Waals surface area contributed by atoms with Crippen LogP contribution in [0.1, 0.15) is 35.7 Å². The molecule has 1 aromatic heterocycles. The minimum absolute atomic E-state index is 0.0895. The molecule has 0 aliphatic carbocycles. The topological polar surface area (TPSA) is 151 Å². The van der Waals surface area contributed by atoms with E-state index >= 15 is 9.18 Å². The number of fused-ring (bicyclic) bond motifs is 1. The van der Waals surface area contributed by atoms with E-state index in [1.807, 2.05) is 31.2 Å². The highest BCUT2D eigenvalue weighted by molar-refractivity contribution is 6.11. The van der Waals surface area contributed by atoms with E-state index in [0.717, 1.165) is 46.2 Å². The summed E-state index contributed by atoms with van der Waals surface area (Å²) < 4.78 is 65.7. The van der Waals surface area contributed by atoms with Crippen LogP contribution in [0.25, 0.3) is 11.0 Å². The van der Waals surface area contributed by atoms with E-state index in [-0.39, 0.29) is 41.3 Å². The Morgan fingerprint density at radius 2 is 1.56 bits per heavy atom. The number of esters is 2. The predicted octanol–water partition coefficient (Wildman–Crippen LogP) is 4.25. The van der Waals surface area contributed by atoms with Gasteiger partial charge in [0.1, 0.15) is 6.54 Å². The van der Waals surface area contributed by atoms with Crippen molar-refractivity contribution in [2.75, 3.05) is 78.7 Å². The summed E-state index contributed by atoms with van der Waals surface area (Å²) in [5.41, 5.74) is -0.661. The monoisotopic (exact) mass is 817 g/mol. The van der Waals surface area contributed by atoms with Crippen LogP contribution in [0.4, 0.5) is 14.7 Å². The van der Waals surface area contributed by atoms with Crippen LogP contribution in [0.2, 0.25) is 0 Å². The second-order valence-electron chi connectivity index (χ2n) is 14.3. The van der Waals surface area contributed by atoms with Gasteiger partial charge >= 0.3 is 11.9 Å². The Bertz CT molecular complexity index is 2250. The maximum absolute atomic E-state index is 15.3. The molecule has 1 atom stereocenters. The fraction of sp³-hybridized carbons (Fsp3) is 0.405. The summed E-state index contributed by atoms with van der Waals surface area (Å²) in [7, 11) is 4.10. The summed E-state index contributed by atoms with van der Waals surface area (Å²) in [5, 5.41) is 0. The molecule has 1 spiro atoms. The highest BCUT2D eigenvalue weighted by Gasteiger charge is 2.71. The number of carbonyl (C=O) groups excluding carboxylic acids is 4. The molecule has 17 heteroatoms. The van der Waals surface area contributed by atoms with Gasteiger partial charge in [0.2, 0.25) is 17.6 Å². The summed E-state index contributed by atoms with van der Waals surface area (Å²) in [5.74, 6) is -7.78. The molecular formula is C42H45F2N5O10. The molecule has 3 aromatic carbocycles. The van der Waals surface area contributed by atoms with Crippen molar-refractivity contribution in [2.45, 2.75) is 37.5 Å². The summed E-state index contributed by atoms with van der Waals surface area (Å²) in [4.78, 5) is 66.2. The third-order valence-electron chi connectivity index (χ3n) is 11.1. The maximum atomic E-state index is 15.3. The molecule has 1 unspecified atom stereocenters. The molecule has 0 radical (unpaired) electrons. The number of aromatic nitrogens is 2. The molecule has 4 heterocycles. The van der Waals surface area contributed by atoms with Gasteiger partial charge in [0.05, 0.1) is 39.0 Å². The number of imidazole rings is 1. The molecule has 2 saturated heterocycles. The van der Waals surface area contributed by atoms with Gasteiger partial charge in [-0.05, 0) is 74.8 Å². The first-order valence-electron chi connectivity index (χ1n) is 19.2. The molecule has 0 N–H and O–H groups in total. The average molecular weight is 818 g/mol. The zero-order valence-corrected chi connectivity index (χ0v) is 33.2. The highest BCUT2D eigenvalue weighted by atomic mass is 19.2. The van der Waals surface area contributed by atoms with Crippen molar-refractivity contribution in [1.29, 1.82) is 0 Å². The Balaban J connectivity index is 1.26. The highest BCUT2D eigenvalue weighted by Crippen LogP contribution is 2.51. The maximum Gasteiger partial charge on any atom is 0.334 e. The molecule has 59 heavy (non-hydrogen) atoms. The second kappa shape index (κ2) is 17.0. The Morgan fingerprint density at radius 3 is 2.22 bits per heavy atom. The average Bonchev–Trinajstić information content (AvgIpc) is 3.50. The minimum Gasteiger partial charge on any atom is -0.493 e. The molecule has 2 amide bonds. The molecule has 312 valence electrons. The molecule has 15 nitrogen and oxygen atoms in total. The molecule has 0 bridgehead atoms. The number of methoxy groups -OCH3 is 3. The molecule has 3 aliphatic rings. The lowest BCUT2D eigenvalue weighted by molar-refractivity contribution is -0.235. The van der Waals surface area contributed by atoms with Crippen LogP contribution < -0.4 is 19.1 Å². The second-order valence-corrected chi connectivity index (χ2v) is 14.3. The number of ether oxygens (including phenoxy) is 6. The van der Waals surface area contributed by atoms with E-state index in [9.17, 15) is 18.8 Å². The Hall–Kier alpha value is -6.07. The van der Waals surface area contributed by atoms with Crippen LogP contribution in [0.15, 0.2) is 66.7 Å². The molecule has 0 saturated carbocycles. The van der Waals surface area contributed by atoms with E-state index in [0.29, 0.717) is 52.4 Å². The summed E-state index contributed by atoms with van der Waals surface area (Å²) in [6.45, 7) is 5.22. The lowest BCUT2D eigenvalue weighted by Crippen LogP contribution is -2.58. The predicted molar refractivity (Wildman–Crippen MR) is 208 cm³/mol. The van der Waals surface area contributed by atoms with E-state index in [4.69, 9.17) is 33.4 Å². The third-order valence-corrected chi connectivity index (χ3v) is 11.1. The number of halogens is 2. The summed E-state index contributed by atoms with van der Waals surface area (Å²) >= 11 is 0. The van der Waals surface area contributed by atoms with E-state index in [1.165, 1.54) is 39.5 Å². The number of likely N-dealkylation sites (tertiary alicyclic amines) is 1. The van der Waals surface area contributed by atoms with Crippen LogP contribution in [0.5, 0.6) is 17.2 Å². The van der Waals surface area contributed by atoms with Crippen molar-refractivity contribution in [3.8, 4) is 17.2 Å². The number of para-hydroxylation sites is 2.